The van der Waals surface area contributed by atoms with Crippen molar-refractivity contribution in [2.45, 2.75) is 17.4 Å². The van der Waals surface area contributed by atoms with Gasteiger partial charge in [0.25, 0.3) is 5.91 Å². The van der Waals surface area contributed by atoms with Crippen molar-refractivity contribution in [3.05, 3.63) is 28.5 Å². The van der Waals surface area contributed by atoms with Crippen LogP contribution in [0.4, 0.5) is 4.39 Å². The Bertz CT molecular complexity index is 644. The van der Waals surface area contributed by atoms with Crippen molar-refractivity contribution in [2.75, 3.05) is 13.2 Å². The molecule has 110 valence electrons. The third-order valence-corrected chi connectivity index (χ3v) is 3.95. The van der Waals surface area contributed by atoms with Crippen LogP contribution in [0.2, 0.25) is 5.02 Å². The number of nitrogens with one attached hydrogen (secondary N) is 1. The van der Waals surface area contributed by atoms with Crippen LogP contribution in [0.1, 0.15) is 16.8 Å². The fourth-order valence-electron chi connectivity index (χ4n) is 1.85. The number of primary sulfonamides is 1. The molecule has 0 aromatic heterocycles. The lowest BCUT2D eigenvalue weighted by Crippen LogP contribution is -2.35. The van der Waals surface area contributed by atoms with Gasteiger partial charge in [0.05, 0.1) is 18.2 Å². The second kappa shape index (κ2) is 5.65. The van der Waals surface area contributed by atoms with E-state index in [9.17, 15) is 17.6 Å². The van der Waals surface area contributed by atoms with Crippen molar-refractivity contribution >= 4 is 27.5 Å². The predicted octanol–water partition coefficient (Wildman–Crippen LogP) is 0.645. The lowest BCUT2D eigenvalue weighted by atomic mass is 10.1. The minimum Gasteiger partial charge on any atom is -0.379 e. The number of benzene rings is 1. The van der Waals surface area contributed by atoms with Crippen LogP contribution in [0, 0.1) is 5.82 Å². The molecule has 1 fully saturated rings. The standard InChI is InChI=1S/C11H12ClFN2O4S/c12-6-3-8(10(13)9(4-6)20(14,17)18)11(16)15-7-1-2-19-5-7/h3-4,7H,1-2,5H2,(H,15,16)(H2,14,17,18). The molecule has 6 nitrogen and oxygen atoms in total. The first-order valence-electron chi connectivity index (χ1n) is 5.69. The van der Waals surface area contributed by atoms with Gasteiger partial charge in [0.1, 0.15) is 4.90 Å². The minimum absolute atomic E-state index is 0.0942. The van der Waals surface area contributed by atoms with Crippen molar-refractivity contribution in [1.82, 2.24) is 5.32 Å². The fraction of sp³-hybridized carbons (Fsp3) is 0.364. The number of carbonyl (C=O) groups excluding carboxylic acids is 1. The van der Waals surface area contributed by atoms with E-state index in [0.29, 0.717) is 19.6 Å². The number of halogens is 2. The van der Waals surface area contributed by atoms with Crippen molar-refractivity contribution in [3.8, 4) is 0 Å². The van der Waals surface area contributed by atoms with Gasteiger partial charge < -0.3 is 10.1 Å². The summed E-state index contributed by atoms with van der Waals surface area (Å²) in [6.45, 7) is 0.835. The maximum atomic E-state index is 14.1. The van der Waals surface area contributed by atoms with Crippen LogP contribution in [0.15, 0.2) is 17.0 Å². The summed E-state index contributed by atoms with van der Waals surface area (Å²) in [6, 6.07) is 1.68. The zero-order valence-electron chi connectivity index (χ0n) is 10.2. The van der Waals surface area contributed by atoms with E-state index in [1.54, 1.807) is 0 Å². The van der Waals surface area contributed by atoms with Gasteiger partial charge in [0.2, 0.25) is 10.0 Å². The number of hydrogen-bond donors (Lipinski definition) is 2. The van der Waals surface area contributed by atoms with Crippen LogP contribution in [-0.4, -0.2) is 33.6 Å². The quantitative estimate of drug-likeness (QED) is 0.853. The molecule has 1 saturated heterocycles. The van der Waals surface area contributed by atoms with Crippen LogP contribution in [0.25, 0.3) is 0 Å². The summed E-state index contributed by atoms with van der Waals surface area (Å²) >= 11 is 5.70. The minimum atomic E-state index is -4.30. The molecule has 0 bridgehead atoms. The Morgan fingerprint density at radius 1 is 1.50 bits per heavy atom. The van der Waals surface area contributed by atoms with E-state index in [1.165, 1.54) is 0 Å². The third kappa shape index (κ3) is 3.26. The molecule has 0 aliphatic carbocycles. The Morgan fingerprint density at radius 3 is 2.75 bits per heavy atom. The van der Waals surface area contributed by atoms with Crippen molar-refractivity contribution in [2.24, 2.45) is 5.14 Å². The molecule has 2 rings (SSSR count). The van der Waals surface area contributed by atoms with Crippen LogP contribution in [-0.2, 0) is 14.8 Å². The maximum Gasteiger partial charge on any atom is 0.254 e. The van der Waals surface area contributed by atoms with E-state index in [4.69, 9.17) is 21.5 Å². The molecule has 0 spiro atoms. The molecule has 1 aliphatic rings. The first kappa shape index (κ1) is 15.2. The molecule has 20 heavy (non-hydrogen) atoms. The highest BCUT2D eigenvalue weighted by Gasteiger charge is 2.25. The summed E-state index contributed by atoms with van der Waals surface area (Å²) in [5, 5.41) is 7.33. The molecule has 1 heterocycles. The SMILES string of the molecule is NS(=O)(=O)c1cc(Cl)cc(C(=O)NC2CCOC2)c1F. The van der Waals surface area contributed by atoms with Gasteiger partial charge in [-0.25, -0.2) is 17.9 Å². The van der Waals surface area contributed by atoms with Crippen LogP contribution < -0.4 is 10.5 Å². The van der Waals surface area contributed by atoms with Gasteiger partial charge in [0.15, 0.2) is 5.82 Å². The van der Waals surface area contributed by atoms with E-state index >= 15 is 0 Å². The molecule has 1 unspecified atom stereocenters. The Hall–Kier alpha value is -1.22. The summed E-state index contributed by atoms with van der Waals surface area (Å²) in [5.41, 5.74) is -0.464. The van der Waals surface area contributed by atoms with Crippen LogP contribution in [0.5, 0.6) is 0 Å². The van der Waals surface area contributed by atoms with E-state index in [0.717, 1.165) is 12.1 Å². The van der Waals surface area contributed by atoms with Crippen LogP contribution in [0.3, 0.4) is 0 Å². The molecule has 1 aromatic carbocycles. The molecular formula is C11H12ClFN2O4S. The smallest absolute Gasteiger partial charge is 0.254 e. The first-order chi connectivity index (χ1) is 9.29. The first-order valence-corrected chi connectivity index (χ1v) is 7.62. The topological polar surface area (TPSA) is 98.5 Å². The van der Waals surface area contributed by atoms with Crippen LogP contribution >= 0.6 is 11.6 Å². The van der Waals surface area contributed by atoms with Crippen molar-refractivity contribution in [3.63, 3.8) is 0 Å². The predicted molar refractivity (Wildman–Crippen MR) is 69.5 cm³/mol. The lowest BCUT2D eigenvalue weighted by molar-refractivity contribution is 0.0925. The number of ether oxygens (including phenoxy) is 1. The summed E-state index contributed by atoms with van der Waals surface area (Å²) in [4.78, 5) is 11.1. The van der Waals surface area contributed by atoms with Gasteiger partial charge in [-0.3, -0.25) is 4.79 Å². The van der Waals surface area contributed by atoms with Gasteiger partial charge in [-0.05, 0) is 18.6 Å². The number of rotatable bonds is 3. The highest BCUT2D eigenvalue weighted by Crippen LogP contribution is 2.23. The maximum absolute atomic E-state index is 14.1. The molecule has 0 saturated carbocycles. The largest absolute Gasteiger partial charge is 0.379 e. The van der Waals surface area contributed by atoms with Gasteiger partial charge in [-0.1, -0.05) is 11.6 Å². The molecule has 3 N–H and O–H groups in total. The Labute approximate surface area is 120 Å². The lowest BCUT2D eigenvalue weighted by Gasteiger charge is -2.12. The highest BCUT2D eigenvalue weighted by molar-refractivity contribution is 7.89. The number of hydrogen-bond acceptors (Lipinski definition) is 4. The zero-order valence-corrected chi connectivity index (χ0v) is 11.8. The summed E-state index contributed by atoms with van der Waals surface area (Å²) in [5.74, 6) is -1.97. The highest BCUT2D eigenvalue weighted by atomic mass is 35.5. The summed E-state index contributed by atoms with van der Waals surface area (Å²) in [7, 11) is -4.30. The zero-order chi connectivity index (χ0) is 14.9. The Morgan fingerprint density at radius 2 is 2.20 bits per heavy atom. The average Bonchev–Trinajstić information content (AvgIpc) is 2.83. The molecule has 9 heteroatoms. The molecule has 1 amide bonds. The second-order valence-electron chi connectivity index (χ2n) is 4.34. The number of carbonyl (C=O) groups is 1. The van der Waals surface area contributed by atoms with E-state index in [2.05, 4.69) is 5.32 Å². The average molecular weight is 323 g/mol. The number of sulfonamides is 1. The van der Waals surface area contributed by atoms with E-state index in [1.807, 2.05) is 0 Å². The summed E-state index contributed by atoms with van der Waals surface area (Å²) in [6.07, 6.45) is 0.607. The molecule has 1 atom stereocenters. The van der Waals surface area contributed by atoms with Gasteiger partial charge >= 0.3 is 0 Å². The Balaban J connectivity index is 2.36. The van der Waals surface area contributed by atoms with Gasteiger partial charge in [-0.15, -0.1) is 0 Å². The Kier molecular flexibility index (Phi) is 4.28. The fourth-order valence-corrected chi connectivity index (χ4v) is 2.78. The molecule has 1 aliphatic heterocycles. The monoisotopic (exact) mass is 322 g/mol. The third-order valence-electron chi connectivity index (χ3n) is 2.82. The van der Waals surface area contributed by atoms with Gasteiger partial charge in [0, 0.05) is 11.6 Å². The van der Waals surface area contributed by atoms with Crippen molar-refractivity contribution < 1.29 is 22.3 Å². The van der Waals surface area contributed by atoms with Gasteiger partial charge in [-0.2, -0.15) is 0 Å². The number of nitrogens with two attached hydrogens (primary N) is 1. The second-order valence-corrected chi connectivity index (χ2v) is 6.31. The molecule has 0 radical (unpaired) electrons. The van der Waals surface area contributed by atoms with E-state index in [-0.39, 0.29) is 11.1 Å². The van der Waals surface area contributed by atoms with E-state index < -0.39 is 32.2 Å². The molecular weight excluding hydrogens is 311 g/mol. The van der Waals surface area contributed by atoms with Crippen molar-refractivity contribution in [1.29, 1.82) is 0 Å². The normalized spacial score (nSPS) is 19.1. The summed E-state index contributed by atoms with van der Waals surface area (Å²) < 4.78 is 41.6. The number of amides is 1. The molecule has 1 aromatic rings.